The number of aromatic nitrogens is 4. The zero-order chi connectivity index (χ0) is 21.6. The number of H-pyrrole nitrogens is 2. The predicted molar refractivity (Wildman–Crippen MR) is 118 cm³/mol. The van der Waals surface area contributed by atoms with Gasteiger partial charge in [0.15, 0.2) is 5.75 Å². The molecule has 2 aromatic heterocycles. The number of hydrogen-bond acceptors (Lipinski definition) is 4. The first kappa shape index (κ1) is 20.3. The Morgan fingerprint density at radius 2 is 1.80 bits per heavy atom. The van der Waals surface area contributed by atoms with Gasteiger partial charge in [-0.15, -0.1) is 0 Å². The topological polar surface area (TPSA) is 92.8 Å². The monoisotopic (exact) mass is 444 g/mol. The highest BCUT2D eigenvalue weighted by Gasteiger charge is 2.15. The van der Waals surface area contributed by atoms with Crippen LogP contribution in [0.5, 0.6) is 11.5 Å². The van der Waals surface area contributed by atoms with E-state index in [-0.39, 0.29) is 21.5 Å². The van der Waals surface area contributed by atoms with E-state index in [0.717, 1.165) is 15.6 Å². The Kier molecular flexibility index (Phi) is 5.17. The van der Waals surface area contributed by atoms with Crippen molar-refractivity contribution in [3.63, 3.8) is 0 Å². The summed E-state index contributed by atoms with van der Waals surface area (Å²) in [7, 11) is 0. The summed E-state index contributed by atoms with van der Waals surface area (Å²) < 4.78 is 7.00. The third-order valence-corrected chi connectivity index (χ3v) is 5.31. The molecule has 4 rings (SSSR count). The van der Waals surface area contributed by atoms with E-state index in [0.29, 0.717) is 17.4 Å². The summed E-state index contributed by atoms with van der Waals surface area (Å²) in [4.78, 5) is 29.1. The number of nitrogens with zero attached hydrogens (tertiary/aromatic N) is 2. The van der Waals surface area contributed by atoms with Crippen LogP contribution in [0.15, 0.2) is 46.1 Å². The maximum atomic E-state index is 12.1. The highest BCUT2D eigenvalue weighted by atomic mass is 35.5. The van der Waals surface area contributed by atoms with Crippen molar-refractivity contribution in [2.75, 3.05) is 0 Å². The van der Waals surface area contributed by atoms with Crippen LogP contribution in [0, 0.1) is 6.92 Å². The average Bonchev–Trinajstić information content (AvgIpc) is 3.11. The Hall–Kier alpha value is -3.03. The van der Waals surface area contributed by atoms with E-state index in [1.807, 2.05) is 24.4 Å². The SMILES string of the molecule is Cc1nn(-c2cc(Cl)c(Oc3ccc4[nH]cc(C(C)C)c4c3)c(Cl)c2)c(=O)[nH]c1=O. The van der Waals surface area contributed by atoms with E-state index in [1.54, 1.807) is 0 Å². The number of aryl methyl sites for hydroxylation is 1. The van der Waals surface area contributed by atoms with Gasteiger partial charge in [0.05, 0.1) is 15.7 Å². The van der Waals surface area contributed by atoms with Crippen LogP contribution in [0.25, 0.3) is 16.6 Å². The van der Waals surface area contributed by atoms with E-state index in [4.69, 9.17) is 27.9 Å². The molecule has 2 heterocycles. The van der Waals surface area contributed by atoms with Crippen molar-refractivity contribution in [1.29, 1.82) is 0 Å². The molecule has 0 radical (unpaired) electrons. The van der Waals surface area contributed by atoms with Crippen LogP contribution in [0.3, 0.4) is 0 Å². The first-order chi connectivity index (χ1) is 14.2. The number of fused-ring (bicyclic) bond motifs is 1. The van der Waals surface area contributed by atoms with Crippen LogP contribution in [0.4, 0.5) is 0 Å². The molecule has 0 aliphatic rings. The first-order valence-electron chi connectivity index (χ1n) is 9.23. The fraction of sp³-hybridized carbons (Fsp3) is 0.190. The Bertz CT molecular complexity index is 1360. The molecule has 0 aliphatic carbocycles. The molecule has 0 atom stereocenters. The maximum Gasteiger partial charge on any atom is 0.349 e. The lowest BCUT2D eigenvalue weighted by molar-refractivity contribution is 0.483. The fourth-order valence-electron chi connectivity index (χ4n) is 3.20. The number of ether oxygens (including phenoxy) is 1. The van der Waals surface area contributed by atoms with Crippen molar-refractivity contribution < 1.29 is 4.74 Å². The minimum absolute atomic E-state index is 0.142. The average molecular weight is 445 g/mol. The Labute approximate surface area is 181 Å². The molecule has 9 heteroatoms. The number of halogens is 2. The van der Waals surface area contributed by atoms with Gasteiger partial charge in [0.1, 0.15) is 11.4 Å². The summed E-state index contributed by atoms with van der Waals surface area (Å²) in [5.41, 5.74) is 1.41. The molecule has 0 saturated heterocycles. The van der Waals surface area contributed by atoms with Gasteiger partial charge < -0.3 is 9.72 Å². The normalized spacial score (nSPS) is 11.4. The van der Waals surface area contributed by atoms with Crippen LogP contribution >= 0.6 is 23.2 Å². The molecule has 0 spiro atoms. The molecule has 30 heavy (non-hydrogen) atoms. The molecule has 154 valence electrons. The number of rotatable bonds is 4. The molecule has 0 amide bonds. The second-order valence-electron chi connectivity index (χ2n) is 7.20. The van der Waals surface area contributed by atoms with Crippen LogP contribution in [0.1, 0.15) is 31.0 Å². The molecule has 2 aromatic carbocycles. The third kappa shape index (κ3) is 3.62. The molecule has 0 aliphatic heterocycles. The first-order valence-corrected chi connectivity index (χ1v) is 9.98. The van der Waals surface area contributed by atoms with Gasteiger partial charge in [-0.05, 0) is 48.7 Å². The van der Waals surface area contributed by atoms with Gasteiger partial charge in [-0.2, -0.15) is 9.78 Å². The number of nitrogens with one attached hydrogen (secondary N) is 2. The Balaban J connectivity index is 1.74. The molecule has 0 saturated carbocycles. The summed E-state index contributed by atoms with van der Waals surface area (Å²) in [6.45, 7) is 5.74. The van der Waals surface area contributed by atoms with Crippen molar-refractivity contribution in [2.24, 2.45) is 0 Å². The maximum absolute atomic E-state index is 12.1. The predicted octanol–water partition coefficient (Wildman–Crippen LogP) is 4.93. The lowest BCUT2D eigenvalue weighted by atomic mass is 10.0. The van der Waals surface area contributed by atoms with Gasteiger partial charge in [-0.25, -0.2) is 4.79 Å². The van der Waals surface area contributed by atoms with Crippen molar-refractivity contribution in [3.05, 3.63) is 78.7 Å². The fourth-order valence-corrected chi connectivity index (χ4v) is 3.76. The zero-order valence-corrected chi connectivity index (χ0v) is 17.9. The number of benzene rings is 2. The summed E-state index contributed by atoms with van der Waals surface area (Å²) >= 11 is 12.8. The van der Waals surface area contributed by atoms with Crippen LogP contribution in [0.2, 0.25) is 10.0 Å². The highest BCUT2D eigenvalue weighted by molar-refractivity contribution is 6.37. The molecule has 0 fully saturated rings. The standard InChI is InChI=1S/C21H18Cl2N4O3/c1-10(2)15-9-24-18-5-4-13(8-14(15)18)30-19-16(22)6-12(7-17(19)23)27-21(29)25-20(28)11(3)26-27/h4-10,24H,1-3H3,(H,25,28,29). The van der Waals surface area contributed by atoms with Gasteiger partial charge in [0.25, 0.3) is 5.56 Å². The lowest BCUT2D eigenvalue weighted by Gasteiger charge is -2.13. The lowest BCUT2D eigenvalue weighted by Crippen LogP contribution is -2.32. The van der Waals surface area contributed by atoms with Crippen molar-refractivity contribution in [2.45, 2.75) is 26.7 Å². The largest absolute Gasteiger partial charge is 0.454 e. The van der Waals surface area contributed by atoms with Gasteiger partial charge in [-0.3, -0.25) is 9.78 Å². The van der Waals surface area contributed by atoms with Crippen LogP contribution < -0.4 is 16.0 Å². The van der Waals surface area contributed by atoms with Crippen LogP contribution in [-0.4, -0.2) is 19.7 Å². The summed E-state index contributed by atoms with van der Waals surface area (Å²) in [6.07, 6.45) is 1.99. The van der Waals surface area contributed by atoms with E-state index in [1.165, 1.54) is 24.6 Å². The quantitative estimate of drug-likeness (QED) is 0.466. The van der Waals surface area contributed by atoms with E-state index >= 15 is 0 Å². The highest BCUT2D eigenvalue weighted by Crippen LogP contribution is 2.39. The van der Waals surface area contributed by atoms with Gasteiger partial charge >= 0.3 is 5.69 Å². The van der Waals surface area contributed by atoms with Gasteiger partial charge in [-0.1, -0.05) is 37.0 Å². The molecule has 7 nitrogen and oxygen atoms in total. The molecule has 0 unspecified atom stereocenters. The summed E-state index contributed by atoms with van der Waals surface area (Å²) in [5, 5.41) is 5.46. The van der Waals surface area contributed by atoms with E-state index < -0.39 is 11.2 Å². The van der Waals surface area contributed by atoms with Crippen molar-refractivity contribution in [1.82, 2.24) is 19.7 Å². The van der Waals surface area contributed by atoms with E-state index in [2.05, 4.69) is 28.9 Å². The minimum Gasteiger partial charge on any atom is -0.454 e. The van der Waals surface area contributed by atoms with E-state index in [9.17, 15) is 9.59 Å². The van der Waals surface area contributed by atoms with Gasteiger partial charge in [0.2, 0.25) is 0 Å². The van der Waals surface area contributed by atoms with Crippen molar-refractivity contribution >= 4 is 34.1 Å². The molecular formula is C21H18Cl2N4O3. The number of hydrogen-bond donors (Lipinski definition) is 2. The molecule has 4 aromatic rings. The Morgan fingerprint density at radius 3 is 2.47 bits per heavy atom. The van der Waals surface area contributed by atoms with Crippen molar-refractivity contribution in [3.8, 4) is 17.2 Å². The molecule has 2 N–H and O–H groups in total. The second kappa shape index (κ2) is 7.66. The second-order valence-corrected chi connectivity index (χ2v) is 8.02. The van der Waals surface area contributed by atoms with Crippen LogP contribution in [-0.2, 0) is 0 Å². The zero-order valence-electron chi connectivity index (χ0n) is 16.4. The smallest absolute Gasteiger partial charge is 0.349 e. The Morgan fingerprint density at radius 1 is 1.10 bits per heavy atom. The minimum atomic E-state index is -0.689. The molecular weight excluding hydrogens is 427 g/mol. The number of aromatic amines is 2. The molecule has 0 bridgehead atoms. The summed E-state index contributed by atoms with van der Waals surface area (Å²) in [6, 6.07) is 8.69. The van der Waals surface area contributed by atoms with Gasteiger partial charge in [0, 0.05) is 17.1 Å². The third-order valence-electron chi connectivity index (χ3n) is 4.75. The summed E-state index contributed by atoms with van der Waals surface area (Å²) in [5.74, 6) is 1.19.